The Morgan fingerprint density at radius 1 is 1.14 bits per heavy atom. The number of hydrogen-bond donors (Lipinski definition) is 0. The van der Waals surface area contributed by atoms with E-state index in [1.807, 2.05) is 45.0 Å². The average molecular weight is 324 g/mol. The van der Waals surface area contributed by atoms with Crippen molar-refractivity contribution in [3.8, 4) is 0 Å². The molecule has 0 aliphatic rings. The minimum atomic E-state index is -3.52. The first-order valence-corrected chi connectivity index (χ1v) is 8.97. The molecule has 0 spiro atoms. The van der Waals surface area contributed by atoms with Crippen molar-refractivity contribution in [2.45, 2.75) is 37.9 Å². The van der Waals surface area contributed by atoms with Crippen molar-refractivity contribution < 1.29 is 8.42 Å². The second-order valence-electron chi connectivity index (χ2n) is 5.21. The highest BCUT2D eigenvalue weighted by molar-refractivity contribution is 7.91. The van der Waals surface area contributed by atoms with E-state index in [-0.39, 0.29) is 6.04 Å². The molecule has 0 fully saturated rings. The first-order chi connectivity index (χ1) is 9.73. The maximum atomic E-state index is 12.7. The third-order valence-electron chi connectivity index (χ3n) is 3.58. The fourth-order valence-electron chi connectivity index (χ4n) is 2.15. The number of benzene rings is 1. The fourth-order valence-corrected chi connectivity index (χ4v) is 5.14. The Balaban J connectivity index is 2.36. The second kappa shape index (κ2) is 5.87. The van der Waals surface area contributed by atoms with Crippen molar-refractivity contribution in [2.24, 2.45) is 0 Å². The van der Waals surface area contributed by atoms with Crippen molar-refractivity contribution >= 4 is 21.4 Å². The number of rotatable bonds is 4. The molecule has 6 heteroatoms. The number of aromatic nitrogens is 1. The van der Waals surface area contributed by atoms with Gasteiger partial charge >= 0.3 is 0 Å². The molecule has 21 heavy (non-hydrogen) atoms. The smallest absolute Gasteiger partial charge is 0.245 e. The number of hydrogen-bond acceptors (Lipinski definition) is 4. The van der Waals surface area contributed by atoms with Crippen LogP contribution in [0.4, 0.5) is 0 Å². The quantitative estimate of drug-likeness (QED) is 0.865. The summed E-state index contributed by atoms with van der Waals surface area (Å²) in [6, 6.07) is 7.70. The summed E-state index contributed by atoms with van der Waals surface area (Å²) < 4.78 is 27.2. The lowest BCUT2D eigenvalue weighted by Crippen LogP contribution is -2.29. The van der Waals surface area contributed by atoms with Crippen molar-refractivity contribution in [1.29, 1.82) is 0 Å². The molecule has 0 bridgehead atoms. The van der Waals surface area contributed by atoms with Crippen LogP contribution in [0.3, 0.4) is 0 Å². The van der Waals surface area contributed by atoms with E-state index in [1.165, 1.54) is 15.6 Å². The highest BCUT2D eigenvalue weighted by atomic mass is 32.2. The molecule has 4 nitrogen and oxygen atoms in total. The van der Waals surface area contributed by atoms with E-state index in [0.29, 0.717) is 9.90 Å². The zero-order valence-electron chi connectivity index (χ0n) is 12.9. The summed E-state index contributed by atoms with van der Waals surface area (Å²) in [5.41, 5.74) is 2.71. The molecule has 1 unspecified atom stereocenters. The van der Waals surface area contributed by atoms with E-state index < -0.39 is 10.0 Å². The topological polar surface area (TPSA) is 50.3 Å². The third-order valence-corrected chi connectivity index (χ3v) is 7.17. The van der Waals surface area contributed by atoms with Crippen LogP contribution in [0, 0.1) is 20.8 Å². The van der Waals surface area contributed by atoms with Crippen LogP contribution in [-0.4, -0.2) is 24.8 Å². The van der Waals surface area contributed by atoms with Gasteiger partial charge in [-0.25, -0.2) is 13.4 Å². The molecule has 0 saturated heterocycles. The van der Waals surface area contributed by atoms with E-state index in [0.717, 1.165) is 16.1 Å². The first-order valence-electron chi connectivity index (χ1n) is 6.72. The van der Waals surface area contributed by atoms with Gasteiger partial charge in [0, 0.05) is 13.1 Å². The molecule has 1 atom stereocenters. The van der Waals surface area contributed by atoms with Gasteiger partial charge in [-0.05, 0) is 33.3 Å². The minimum absolute atomic E-state index is 0.225. The Morgan fingerprint density at radius 3 is 2.19 bits per heavy atom. The van der Waals surface area contributed by atoms with Crippen LogP contribution in [-0.2, 0) is 10.0 Å². The van der Waals surface area contributed by atoms with Crippen LogP contribution in [0.15, 0.2) is 28.5 Å². The molecule has 0 N–H and O–H groups in total. The van der Waals surface area contributed by atoms with Crippen molar-refractivity contribution in [1.82, 2.24) is 9.29 Å². The van der Waals surface area contributed by atoms with Crippen molar-refractivity contribution in [3.05, 3.63) is 46.1 Å². The molecule has 0 radical (unpaired) electrons. The zero-order chi connectivity index (χ0) is 15.8. The summed E-state index contributed by atoms with van der Waals surface area (Å²) in [6.45, 7) is 7.46. The predicted octanol–water partition coefficient (Wildman–Crippen LogP) is 3.45. The number of nitrogens with zero attached hydrogens (tertiary/aromatic N) is 2. The Morgan fingerprint density at radius 2 is 1.71 bits per heavy atom. The summed E-state index contributed by atoms with van der Waals surface area (Å²) in [4.78, 5) is 4.22. The lowest BCUT2D eigenvalue weighted by Gasteiger charge is -2.24. The standard InChI is InChI=1S/C15H20N2O2S2/c1-10-6-8-14(9-7-10)12(3)17(5)21(18,19)15-11(2)16-13(4)20-15/h6-9,12H,1-5H3. The summed E-state index contributed by atoms with van der Waals surface area (Å²) in [5.74, 6) is 0. The molecular weight excluding hydrogens is 304 g/mol. The maximum absolute atomic E-state index is 12.7. The average Bonchev–Trinajstić information content (AvgIpc) is 2.77. The molecular formula is C15H20N2O2S2. The van der Waals surface area contributed by atoms with Gasteiger partial charge in [-0.3, -0.25) is 0 Å². The molecule has 114 valence electrons. The van der Waals surface area contributed by atoms with Gasteiger partial charge in [0.1, 0.15) is 0 Å². The normalized spacial score (nSPS) is 13.6. The van der Waals surface area contributed by atoms with E-state index in [9.17, 15) is 8.42 Å². The van der Waals surface area contributed by atoms with E-state index in [1.54, 1.807) is 14.0 Å². The maximum Gasteiger partial charge on any atom is 0.254 e. The lowest BCUT2D eigenvalue weighted by molar-refractivity contribution is 0.399. The molecule has 2 aromatic rings. The Kier molecular flexibility index (Phi) is 4.51. The van der Waals surface area contributed by atoms with Gasteiger partial charge < -0.3 is 0 Å². The molecule has 1 aromatic carbocycles. The van der Waals surface area contributed by atoms with Crippen LogP contribution >= 0.6 is 11.3 Å². The van der Waals surface area contributed by atoms with E-state index in [2.05, 4.69) is 4.98 Å². The van der Waals surface area contributed by atoms with Crippen molar-refractivity contribution in [2.75, 3.05) is 7.05 Å². The van der Waals surface area contributed by atoms with E-state index >= 15 is 0 Å². The molecule has 1 heterocycles. The molecule has 2 rings (SSSR count). The summed E-state index contributed by atoms with van der Waals surface area (Å²) in [5, 5.41) is 0.766. The van der Waals surface area contributed by atoms with Crippen LogP contribution in [0.1, 0.15) is 34.8 Å². The first kappa shape index (κ1) is 16.1. The van der Waals surface area contributed by atoms with Crippen LogP contribution in [0.5, 0.6) is 0 Å². The van der Waals surface area contributed by atoms with Gasteiger partial charge in [0.15, 0.2) is 4.21 Å². The van der Waals surface area contributed by atoms with Crippen LogP contribution in [0.25, 0.3) is 0 Å². The van der Waals surface area contributed by atoms with Gasteiger partial charge in [0.25, 0.3) is 10.0 Å². The molecule has 0 amide bonds. The SMILES string of the molecule is Cc1ccc(C(C)N(C)S(=O)(=O)c2sc(C)nc2C)cc1. The number of sulfonamides is 1. The zero-order valence-corrected chi connectivity index (χ0v) is 14.5. The molecule has 1 aromatic heterocycles. The largest absolute Gasteiger partial charge is 0.254 e. The van der Waals surface area contributed by atoms with Crippen LogP contribution in [0.2, 0.25) is 0 Å². The van der Waals surface area contributed by atoms with Gasteiger partial charge in [-0.1, -0.05) is 29.8 Å². The highest BCUT2D eigenvalue weighted by Crippen LogP contribution is 2.30. The minimum Gasteiger partial charge on any atom is -0.245 e. The summed E-state index contributed by atoms with van der Waals surface area (Å²) >= 11 is 1.22. The number of aryl methyl sites for hydroxylation is 3. The van der Waals surface area contributed by atoms with Gasteiger partial charge in [0.05, 0.1) is 10.7 Å². The second-order valence-corrected chi connectivity index (χ2v) is 8.61. The molecule has 0 saturated carbocycles. The summed E-state index contributed by atoms with van der Waals surface area (Å²) in [6.07, 6.45) is 0. The summed E-state index contributed by atoms with van der Waals surface area (Å²) in [7, 11) is -1.90. The van der Waals surface area contributed by atoms with Gasteiger partial charge in [0.2, 0.25) is 0 Å². The van der Waals surface area contributed by atoms with Crippen molar-refractivity contribution in [3.63, 3.8) is 0 Å². The third kappa shape index (κ3) is 3.17. The van der Waals surface area contributed by atoms with Crippen LogP contribution < -0.4 is 0 Å². The monoisotopic (exact) mass is 324 g/mol. The lowest BCUT2D eigenvalue weighted by atomic mass is 10.1. The predicted molar refractivity (Wildman–Crippen MR) is 86.1 cm³/mol. The Hall–Kier alpha value is -1.24. The number of thiazole rings is 1. The van der Waals surface area contributed by atoms with Gasteiger partial charge in [-0.15, -0.1) is 11.3 Å². The van der Waals surface area contributed by atoms with E-state index in [4.69, 9.17) is 0 Å². The highest BCUT2D eigenvalue weighted by Gasteiger charge is 2.29. The molecule has 0 aliphatic heterocycles. The van der Waals surface area contributed by atoms with Gasteiger partial charge in [-0.2, -0.15) is 4.31 Å². The Bertz CT molecular complexity index is 734. The fraction of sp³-hybridized carbons (Fsp3) is 0.400. The molecule has 0 aliphatic carbocycles. The Labute approximate surface area is 130 Å².